The number of nitrogens with one attached hydrogen (secondary N) is 1. The normalized spacial score (nSPS) is 19.2. The second kappa shape index (κ2) is 5.88. The van der Waals surface area contributed by atoms with Crippen LogP contribution >= 0.6 is 11.3 Å². The predicted molar refractivity (Wildman–Crippen MR) is 78.7 cm³/mol. The molecule has 3 rings (SSSR count). The van der Waals surface area contributed by atoms with E-state index in [1.165, 1.54) is 17.5 Å². The topological polar surface area (TPSA) is 81.4 Å². The Hall–Kier alpha value is -1.22. The van der Waals surface area contributed by atoms with Crippen molar-refractivity contribution < 1.29 is 17.7 Å². The zero-order chi connectivity index (χ0) is 14.9. The molecule has 21 heavy (non-hydrogen) atoms. The van der Waals surface area contributed by atoms with Gasteiger partial charge in [0.1, 0.15) is 0 Å². The maximum absolute atomic E-state index is 12.4. The van der Waals surface area contributed by atoms with Gasteiger partial charge in [-0.05, 0) is 25.8 Å². The van der Waals surface area contributed by atoms with Gasteiger partial charge in [-0.3, -0.25) is 0 Å². The lowest BCUT2D eigenvalue weighted by Gasteiger charge is -2.11. The Morgan fingerprint density at radius 2 is 2.38 bits per heavy atom. The number of aryl methyl sites for hydroxylation is 1. The molecular weight excluding hydrogens is 312 g/mol. The van der Waals surface area contributed by atoms with Crippen LogP contribution < -0.4 is 4.72 Å². The highest BCUT2D eigenvalue weighted by Crippen LogP contribution is 2.33. The third-order valence-corrected chi connectivity index (χ3v) is 6.11. The first-order valence-corrected chi connectivity index (χ1v) is 8.99. The van der Waals surface area contributed by atoms with Gasteiger partial charge in [0, 0.05) is 24.1 Å². The number of ether oxygens (including phenoxy) is 1. The van der Waals surface area contributed by atoms with Crippen molar-refractivity contribution in [2.75, 3.05) is 13.2 Å². The van der Waals surface area contributed by atoms with Crippen LogP contribution in [0.4, 0.5) is 0 Å². The van der Waals surface area contributed by atoms with Gasteiger partial charge < -0.3 is 9.26 Å². The van der Waals surface area contributed by atoms with Crippen LogP contribution in [0.2, 0.25) is 0 Å². The first-order valence-electron chi connectivity index (χ1n) is 6.69. The van der Waals surface area contributed by atoms with Crippen LogP contribution in [0.25, 0.3) is 10.6 Å². The molecule has 3 heterocycles. The molecule has 0 bridgehead atoms. The Balaban J connectivity index is 1.78. The number of hydrogen-bond acceptors (Lipinski definition) is 6. The molecule has 6 nitrogen and oxygen atoms in total. The van der Waals surface area contributed by atoms with E-state index >= 15 is 0 Å². The van der Waals surface area contributed by atoms with Crippen molar-refractivity contribution in [2.24, 2.45) is 0 Å². The van der Waals surface area contributed by atoms with Crippen LogP contribution in [0.15, 0.2) is 27.7 Å². The molecule has 1 N–H and O–H groups in total. The van der Waals surface area contributed by atoms with Gasteiger partial charge in [0.25, 0.3) is 0 Å². The molecule has 0 amide bonds. The van der Waals surface area contributed by atoms with Gasteiger partial charge in [0.15, 0.2) is 5.76 Å². The molecule has 8 heteroatoms. The summed E-state index contributed by atoms with van der Waals surface area (Å²) in [4.78, 5) is 1.76. The number of thiophene rings is 1. The molecule has 1 unspecified atom stereocenters. The highest BCUT2D eigenvalue weighted by Gasteiger charge is 2.24. The quantitative estimate of drug-likeness (QED) is 0.909. The Kier molecular flexibility index (Phi) is 4.12. The van der Waals surface area contributed by atoms with Gasteiger partial charge in [-0.15, -0.1) is 11.3 Å². The number of rotatable bonds is 5. The van der Waals surface area contributed by atoms with E-state index in [9.17, 15) is 8.42 Å². The summed E-state index contributed by atoms with van der Waals surface area (Å²) in [5.41, 5.74) is 0. The van der Waals surface area contributed by atoms with E-state index in [0.29, 0.717) is 18.9 Å². The molecule has 0 aliphatic carbocycles. The fraction of sp³-hybridized carbons (Fsp3) is 0.462. The summed E-state index contributed by atoms with van der Waals surface area (Å²) in [6.07, 6.45) is 3.40. The molecule has 1 fully saturated rings. The minimum atomic E-state index is -3.53. The van der Waals surface area contributed by atoms with E-state index in [1.807, 2.05) is 0 Å². The van der Waals surface area contributed by atoms with Gasteiger partial charge in [0.05, 0.1) is 22.1 Å². The molecule has 2 aromatic rings. The minimum Gasteiger partial charge on any atom is -0.377 e. The zero-order valence-corrected chi connectivity index (χ0v) is 13.2. The standard InChI is InChI=1S/C13H16N2O4S2/c1-9-13(7-12(20-9)11-4-5-14-19-11)21(16,17)15-8-10-3-2-6-18-10/h4-5,7,10,15H,2-3,6,8H2,1H3. The Morgan fingerprint density at radius 3 is 3.05 bits per heavy atom. The average molecular weight is 328 g/mol. The molecule has 1 aliphatic heterocycles. The van der Waals surface area contributed by atoms with Crippen molar-refractivity contribution in [3.63, 3.8) is 0 Å². The van der Waals surface area contributed by atoms with E-state index < -0.39 is 10.0 Å². The third kappa shape index (κ3) is 3.18. The van der Waals surface area contributed by atoms with Crippen molar-refractivity contribution in [1.82, 2.24) is 9.88 Å². The van der Waals surface area contributed by atoms with Gasteiger partial charge in [-0.1, -0.05) is 5.16 Å². The van der Waals surface area contributed by atoms with Crippen molar-refractivity contribution in [1.29, 1.82) is 0 Å². The van der Waals surface area contributed by atoms with E-state index in [4.69, 9.17) is 9.26 Å². The van der Waals surface area contributed by atoms with Crippen molar-refractivity contribution in [3.8, 4) is 10.6 Å². The van der Waals surface area contributed by atoms with Crippen LogP contribution in [0.3, 0.4) is 0 Å². The lowest BCUT2D eigenvalue weighted by Crippen LogP contribution is -2.31. The molecule has 0 radical (unpaired) electrons. The lowest BCUT2D eigenvalue weighted by molar-refractivity contribution is 0.114. The average Bonchev–Trinajstić information content (AvgIpc) is 3.18. The zero-order valence-electron chi connectivity index (χ0n) is 11.5. The first kappa shape index (κ1) is 14.7. The number of aromatic nitrogens is 1. The Morgan fingerprint density at radius 1 is 1.52 bits per heavy atom. The highest BCUT2D eigenvalue weighted by molar-refractivity contribution is 7.89. The molecule has 114 valence electrons. The Labute approximate surface area is 127 Å². The lowest BCUT2D eigenvalue weighted by atomic mass is 10.2. The predicted octanol–water partition coefficient (Wildman–Crippen LogP) is 2.17. The van der Waals surface area contributed by atoms with E-state index in [0.717, 1.165) is 22.6 Å². The summed E-state index contributed by atoms with van der Waals surface area (Å²) >= 11 is 1.37. The fourth-order valence-electron chi connectivity index (χ4n) is 2.28. The summed E-state index contributed by atoms with van der Waals surface area (Å²) in [5, 5.41) is 3.64. The maximum atomic E-state index is 12.4. The van der Waals surface area contributed by atoms with Crippen molar-refractivity contribution >= 4 is 21.4 Å². The maximum Gasteiger partial charge on any atom is 0.241 e. The first-order chi connectivity index (χ1) is 10.1. The molecule has 0 aromatic carbocycles. The minimum absolute atomic E-state index is 0.0209. The van der Waals surface area contributed by atoms with E-state index in [-0.39, 0.29) is 11.0 Å². The summed E-state index contributed by atoms with van der Waals surface area (Å²) < 4.78 is 37.9. The van der Waals surface area contributed by atoms with Crippen LogP contribution in [-0.2, 0) is 14.8 Å². The second-order valence-corrected chi connectivity index (χ2v) is 7.89. The number of sulfonamides is 1. The number of nitrogens with zero attached hydrogens (tertiary/aromatic N) is 1. The molecule has 1 atom stereocenters. The van der Waals surface area contributed by atoms with Gasteiger partial charge in [-0.2, -0.15) is 0 Å². The SMILES string of the molecule is Cc1sc(-c2ccno2)cc1S(=O)(=O)NCC1CCCO1. The molecule has 1 aliphatic rings. The fourth-order valence-corrected chi connectivity index (χ4v) is 4.90. The summed E-state index contributed by atoms with van der Waals surface area (Å²) in [5.74, 6) is 0.573. The van der Waals surface area contributed by atoms with Crippen LogP contribution in [0, 0.1) is 6.92 Å². The molecule has 0 saturated carbocycles. The summed E-state index contributed by atoms with van der Waals surface area (Å²) in [6.45, 7) is 2.81. The molecule has 1 saturated heterocycles. The van der Waals surface area contributed by atoms with Crippen LogP contribution in [-0.4, -0.2) is 32.8 Å². The van der Waals surface area contributed by atoms with E-state index in [2.05, 4.69) is 9.88 Å². The highest BCUT2D eigenvalue weighted by atomic mass is 32.2. The summed E-state index contributed by atoms with van der Waals surface area (Å²) in [7, 11) is -3.53. The smallest absolute Gasteiger partial charge is 0.241 e. The van der Waals surface area contributed by atoms with Crippen molar-refractivity contribution in [2.45, 2.75) is 30.8 Å². The summed E-state index contributed by atoms with van der Waals surface area (Å²) in [6, 6.07) is 3.33. The van der Waals surface area contributed by atoms with E-state index in [1.54, 1.807) is 19.1 Å². The largest absolute Gasteiger partial charge is 0.377 e. The molecular formula is C13H16N2O4S2. The monoisotopic (exact) mass is 328 g/mol. The Bertz CT molecular complexity index is 701. The van der Waals surface area contributed by atoms with Gasteiger partial charge in [-0.25, -0.2) is 13.1 Å². The van der Waals surface area contributed by atoms with Gasteiger partial charge >= 0.3 is 0 Å². The van der Waals surface area contributed by atoms with Crippen LogP contribution in [0.5, 0.6) is 0 Å². The molecule has 2 aromatic heterocycles. The third-order valence-electron chi connectivity index (χ3n) is 3.37. The van der Waals surface area contributed by atoms with Crippen molar-refractivity contribution in [3.05, 3.63) is 23.2 Å². The number of hydrogen-bond donors (Lipinski definition) is 1. The van der Waals surface area contributed by atoms with Gasteiger partial charge in [0.2, 0.25) is 10.0 Å². The molecule has 0 spiro atoms. The second-order valence-electron chi connectivity index (χ2n) is 4.89. The van der Waals surface area contributed by atoms with Crippen LogP contribution in [0.1, 0.15) is 17.7 Å².